The number of hydrogen-bond acceptors (Lipinski definition) is 5. The molecule has 0 bridgehead atoms. The van der Waals surface area contributed by atoms with E-state index in [1.165, 1.54) is 0 Å². The number of hydrogen-bond donors (Lipinski definition) is 2. The topological polar surface area (TPSA) is 82.6 Å². The summed E-state index contributed by atoms with van der Waals surface area (Å²) >= 11 is 0. The molecule has 1 saturated carbocycles. The van der Waals surface area contributed by atoms with Crippen LogP contribution in [0.1, 0.15) is 24.8 Å². The number of rotatable bonds is 3. The number of amides is 1. The fraction of sp³-hybridized carbons (Fsp3) is 0.389. The van der Waals surface area contributed by atoms with Crippen LogP contribution in [0.2, 0.25) is 0 Å². The summed E-state index contributed by atoms with van der Waals surface area (Å²) in [7, 11) is 3.47. The summed E-state index contributed by atoms with van der Waals surface area (Å²) in [6.07, 6.45) is 6.79. The van der Waals surface area contributed by atoms with Crippen LogP contribution in [-0.2, 0) is 9.53 Å². The lowest BCUT2D eigenvalue weighted by Gasteiger charge is -2.22. The van der Waals surface area contributed by atoms with Crippen LogP contribution in [0, 0.1) is 0 Å². The molecule has 2 aliphatic rings. The molecule has 0 unspecified atom stereocenters. The van der Waals surface area contributed by atoms with Gasteiger partial charge in [-0.25, -0.2) is 9.98 Å². The standard InChI is InChI=1S/C18H21N5O2/c1-23-17(24)15(9-11-6-7-12-14(8-11)20-10-19-12)22-18(23)21-13-4-3-5-16(13)25-2/h6-10,13,16H,3-5H2,1-2H3,(H,19,20)(H,21,22)/b15-9-/t13-,16-/m0/s1. The maximum absolute atomic E-state index is 12.5. The number of nitrogens with zero attached hydrogens (tertiary/aromatic N) is 3. The first-order valence-electron chi connectivity index (χ1n) is 8.46. The maximum atomic E-state index is 12.5. The van der Waals surface area contributed by atoms with Gasteiger partial charge in [0.1, 0.15) is 5.70 Å². The number of fused-ring (bicyclic) bond motifs is 1. The fourth-order valence-corrected chi connectivity index (χ4v) is 3.46. The largest absolute Gasteiger partial charge is 0.379 e. The molecule has 2 aromatic rings. The SMILES string of the molecule is CO[C@H]1CCC[C@@H]1NC1=N/C(=C\c2ccc3[nH]cnc3c2)C(=O)N1C. The van der Waals surface area contributed by atoms with E-state index in [1.807, 2.05) is 18.2 Å². The van der Waals surface area contributed by atoms with Crippen molar-refractivity contribution in [2.75, 3.05) is 14.2 Å². The highest BCUT2D eigenvalue weighted by atomic mass is 16.5. The number of benzene rings is 1. The fourth-order valence-electron chi connectivity index (χ4n) is 3.46. The van der Waals surface area contributed by atoms with E-state index in [9.17, 15) is 4.79 Å². The highest BCUT2D eigenvalue weighted by Crippen LogP contribution is 2.24. The number of ether oxygens (including phenoxy) is 1. The molecule has 0 saturated heterocycles. The molecule has 7 nitrogen and oxygen atoms in total. The first kappa shape index (κ1) is 15.8. The van der Waals surface area contributed by atoms with Crippen LogP contribution >= 0.6 is 0 Å². The molecule has 7 heteroatoms. The van der Waals surface area contributed by atoms with E-state index in [4.69, 9.17) is 4.74 Å². The predicted molar refractivity (Wildman–Crippen MR) is 95.8 cm³/mol. The third-order valence-corrected chi connectivity index (χ3v) is 4.89. The van der Waals surface area contributed by atoms with E-state index in [2.05, 4.69) is 20.3 Å². The normalized spacial score (nSPS) is 25.2. The van der Waals surface area contributed by atoms with Crippen molar-refractivity contribution in [2.45, 2.75) is 31.4 Å². The second kappa shape index (κ2) is 6.33. The highest BCUT2D eigenvalue weighted by molar-refractivity contribution is 6.13. The number of nitrogens with one attached hydrogen (secondary N) is 2. The van der Waals surface area contributed by atoms with Gasteiger partial charge in [0.2, 0.25) is 5.96 Å². The summed E-state index contributed by atoms with van der Waals surface area (Å²) in [5.41, 5.74) is 3.16. The van der Waals surface area contributed by atoms with Crippen LogP contribution in [0.3, 0.4) is 0 Å². The molecule has 2 atom stereocenters. The first-order valence-corrected chi connectivity index (χ1v) is 8.46. The molecule has 2 heterocycles. The molecule has 1 aliphatic carbocycles. The second-order valence-electron chi connectivity index (χ2n) is 6.46. The number of aromatic amines is 1. The van der Waals surface area contributed by atoms with Crippen LogP contribution in [0.4, 0.5) is 0 Å². The molecule has 25 heavy (non-hydrogen) atoms. The van der Waals surface area contributed by atoms with Gasteiger partial charge in [-0.3, -0.25) is 9.69 Å². The van der Waals surface area contributed by atoms with Crippen molar-refractivity contribution in [1.29, 1.82) is 0 Å². The zero-order chi connectivity index (χ0) is 17.4. The van der Waals surface area contributed by atoms with Crippen LogP contribution in [0.5, 0.6) is 0 Å². The minimum atomic E-state index is -0.114. The minimum absolute atomic E-state index is 0.114. The average molecular weight is 339 g/mol. The summed E-state index contributed by atoms with van der Waals surface area (Å²) < 4.78 is 5.51. The number of guanidine groups is 1. The van der Waals surface area contributed by atoms with E-state index in [1.54, 1.807) is 31.5 Å². The number of imidazole rings is 1. The number of likely N-dealkylation sites (N-methyl/N-ethyl adjacent to an activating group) is 1. The van der Waals surface area contributed by atoms with E-state index < -0.39 is 0 Å². The molecule has 2 N–H and O–H groups in total. The Morgan fingerprint density at radius 3 is 3.12 bits per heavy atom. The van der Waals surface area contributed by atoms with E-state index in [-0.39, 0.29) is 18.1 Å². The van der Waals surface area contributed by atoms with Gasteiger partial charge in [0.15, 0.2) is 0 Å². The van der Waals surface area contributed by atoms with Crippen molar-refractivity contribution < 1.29 is 9.53 Å². The molecule has 1 aromatic carbocycles. The molecular formula is C18H21N5O2. The zero-order valence-corrected chi connectivity index (χ0v) is 14.3. The Morgan fingerprint density at radius 1 is 1.40 bits per heavy atom. The van der Waals surface area contributed by atoms with Gasteiger partial charge in [-0.1, -0.05) is 6.07 Å². The quantitative estimate of drug-likeness (QED) is 0.837. The highest BCUT2D eigenvalue weighted by Gasteiger charge is 2.33. The summed E-state index contributed by atoms with van der Waals surface area (Å²) in [4.78, 5) is 25.9. The molecule has 1 aromatic heterocycles. The van der Waals surface area contributed by atoms with Crippen LogP contribution in [-0.4, -0.2) is 53.0 Å². The summed E-state index contributed by atoms with van der Waals surface area (Å²) in [5, 5.41) is 3.37. The number of carbonyl (C=O) groups excluding carboxylic acids is 1. The average Bonchev–Trinajstić information content (AvgIpc) is 3.32. The zero-order valence-electron chi connectivity index (χ0n) is 14.3. The number of H-pyrrole nitrogens is 1. The molecule has 0 radical (unpaired) electrons. The number of aromatic nitrogens is 2. The van der Waals surface area contributed by atoms with E-state index in [0.29, 0.717) is 11.7 Å². The van der Waals surface area contributed by atoms with Crippen LogP contribution in [0.15, 0.2) is 35.2 Å². The summed E-state index contributed by atoms with van der Waals surface area (Å²) in [6.45, 7) is 0. The summed E-state index contributed by atoms with van der Waals surface area (Å²) in [6, 6.07) is 6.02. The lowest BCUT2D eigenvalue weighted by atomic mass is 10.1. The summed E-state index contributed by atoms with van der Waals surface area (Å²) in [5.74, 6) is 0.475. The Balaban J connectivity index is 1.58. The van der Waals surface area contributed by atoms with Gasteiger partial charge in [0.25, 0.3) is 5.91 Å². The van der Waals surface area contributed by atoms with Crippen molar-refractivity contribution in [3.8, 4) is 0 Å². The Kier molecular flexibility index (Phi) is 4.01. The molecule has 1 aliphatic heterocycles. The van der Waals surface area contributed by atoms with Gasteiger partial charge in [-0.15, -0.1) is 0 Å². The minimum Gasteiger partial charge on any atom is -0.379 e. The maximum Gasteiger partial charge on any atom is 0.279 e. The Labute approximate surface area is 145 Å². The first-order chi connectivity index (χ1) is 12.2. The molecule has 130 valence electrons. The lowest BCUT2D eigenvalue weighted by molar-refractivity contribution is -0.121. The Bertz CT molecular complexity index is 869. The number of aliphatic imine (C=N–C) groups is 1. The van der Waals surface area contributed by atoms with Crippen molar-refractivity contribution in [1.82, 2.24) is 20.2 Å². The van der Waals surface area contributed by atoms with Crippen molar-refractivity contribution in [2.24, 2.45) is 4.99 Å². The Morgan fingerprint density at radius 2 is 2.28 bits per heavy atom. The van der Waals surface area contributed by atoms with Gasteiger partial charge in [-0.05, 0) is 43.0 Å². The van der Waals surface area contributed by atoms with Crippen molar-refractivity contribution in [3.63, 3.8) is 0 Å². The third kappa shape index (κ3) is 2.91. The van der Waals surface area contributed by atoms with Crippen molar-refractivity contribution >= 4 is 29.0 Å². The third-order valence-electron chi connectivity index (χ3n) is 4.89. The van der Waals surface area contributed by atoms with Gasteiger partial charge in [0.05, 0.1) is 29.5 Å². The van der Waals surface area contributed by atoms with Crippen LogP contribution in [0.25, 0.3) is 17.1 Å². The van der Waals surface area contributed by atoms with Gasteiger partial charge in [0, 0.05) is 14.2 Å². The second-order valence-corrected chi connectivity index (χ2v) is 6.46. The predicted octanol–water partition coefficient (Wildman–Crippen LogP) is 1.89. The van der Waals surface area contributed by atoms with Gasteiger partial charge in [-0.2, -0.15) is 0 Å². The smallest absolute Gasteiger partial charge is 0.279 e. The monoisotopic (exact) mass is 339 g/mol. The van der Waals surface area contributed by atoms with Gasteiger partial charge < -0.3 is 15.0 Å². The molecule has 1 fully saturated rings. The van der Waals surface area contributed by atoms with Crippen LogP contribution < -0.4 is 5.32 Å². The molecule has 4 rings (SSSR count). The molecular weight excluding hydrogens is 318 g/mol. The molecule has 1 amide bonds. The number of methoxy groups -OCH3 is 1. The molecule has 0 spiro atoms. The van der Waals surface area contributed by atoms with E-state index >= 15 is 0 Å². The van der Waals surface area contributed by atoms with Gasteiger partial charge >= 0.3 is 0 Å². The number of carbonyl (C=O) groups is 1. The van der Waals surface area contributed by atoms with Crippen molar-refractivity contribution in [3.05, 3.63) is 35.8 Å². The van der Waals surface area contributed by atoms with E-state index in [0.717, 1.165) is 35.9 Å². The Hall–Kier alpha value is -2.67. The lowest BCUT2D eigenvalue weighted by Crippen LogP contribution is -2.46.